The van der Waals surface area contributed by atoms with Gasteiger partial charge in [-0.15, -0.1) is 11.3 Å². The van der Waals surface area contributed by atoms with Crippen LogP contribution in [0.1, 0.15) is 15.3 Å². The summed E-state index contributed by atoms with van der Waals surface area (Å²) in [6.45, 7) is 2.05. The first-order valence-electron chi connectivity index (χ1n) is 5.76. The lowest BCUT2D eigenvalue weighted by Crippen LogP contribution is -1.83. The van der Waals surface area contributed by atoms with Crippen LogP contribution < -0.4 is 0 Å². The van der Waals surface area contributed by atoms with Crippen molar-refractivity contribution in [3.8, 4) is 0 Å². The third kappa shape index (κ3) is 3.82. The quantitative estimate of drug-likeness (QED) is 0.741. The number of ketones is 1. The number of carbonyl (C=O) groups excluding carboxylic acids is 1. The van der Waals surface area contributed by atoms with Crippen LogP contribution in [-0.4, -0.2) is 5.78 Å². The van der Waals surface area contributed by atoms with Crippen LogP contribution >= 0.6 is 11.3 Å². The monoisotopic (exact) mass is 254 g/mol. The summed E-state index contributed by atoms with van der Waals surface area (Å²) in [7, 11) is 0. The van der Waals surface area contributed by atoms with E-state index in [1.54, 1.807) is 23.5 Å². The highest BCUT2D eigenvalue weighted by Gasteiger charge is 1.93. The Balaban J connectivity index is 1.97. The van der Waals surface area contributed by atoms with Crippen LogP contribution in [0.25, 0.3) is 12.2 Å². The number of hydrogen-bond acceptors (Lipinski definition) is 2. The van der Waals surface area contributed by atoms with Crippen molar-refractivity contribution in [2.45, 2.75) is 6.92 Å². The van der Waals surface area contributed by atoms with Gasteiger partial charge in [0.1, 0.15) is 0 Å². The van der Waals surface area contributed by atoms with E-state index in [0.717, 1.165) is 10.4 Å². The number of allylic oxidation sites excluding steroid dienone is 2. The maximum atomic E-state index is 11.6. The highest BCUT2D eigenvalue weighted by Crippen LogP contribution is 2.16. The van der Waals surface area contributed by atoms with Gasteiger partial charge in [0.25, 0.3) is 0 Å². The Bertz CT molecular complexity index is 576. The summed E-state index contributed by atoms with van der Waals surface area (Å²) in [5.74, 6) is 0.00454. The second-order valence-electron chi connectivity index (χ2n) is 3.93. The summed E-state index contributed by atoms with van der Waals surface area (Å²) in [4.78, 5) is 14.0. The summed E-state index contributed by atoms with van der Waals surface area (Å²) in [6.07, 6.45) is 6.87. The molecule has 0 unspecified atom stereocenters. The van der Waals surface area contributed by atoms with Crippen LogP contribution in [0.2, 0.25) is 0 Å². The first kappa shape index (κ1) is 12.5. The lowest BCUT2D eigenvalue weighted by Gasteiger charge is -1.89. The summed E-state index contributed by atoms with van der Waals surface area (Å²) in [5, 5.41) is 0. The second-order valence-corrected chi connectivity index (χ2v) is 5.25. The van der Waals surface area contributed by atoms with E-state index in [-0.39, 0.29) is 5.78 Å². The normalized spacial score (nSPS) is 11.4. The van der Waals surface area contributed by atoms with Crippen molar-refractivity contribution in [2.24, 2.45) is 0 Å². The molecule has 0 saturated heterocycles. The zero-order chi connectivity index (χ0) is 12.8. The molecule has 0 aliphatic heterocycles. The van der Waals surface area contributed by atoms with Crippen molar-refractivity contribution in [1.82, 2.24) is 0 Å². The highest BCUT2D eigenvalue weighted by atomic mass is 32.1. The minimum atomic E-state index is 0.00454. The molecule has 0 N–H and O–H groups in total. The molecule has 1 heterocycles. The van der Waals surface area contributed by atoms with Crippen molar-refractivity contribution in [3.05, 3.63) is 69.9 Å². The summed E-state index contributed by atoms with van der Waals surface area (Å²) < 4.78 is 0. The Morgan fingerprint density at radius 1 is 1.00 bits per heavy atom. The van der Waals surface area contributed by atoms with Gasteiger partial charge in [0.15, 0.2) is 5.78 Å². The Morgan fingerprint density at radius 2 is 1.72 bits per heavy atom. The molecule has 2 rings (SSSR count). The first-order chi connectivity index (χ1) is 8.74. The van der Waals surface area contributed by atoms with Crippen LogP contribution in [0.15, 0.2) is 54.6 Å². The molecule has 0 atom stereocenters. The number of rotatable bonds is 4. The van der Waals surface area contributed by atoms with E-state index in [0.29, 0.717) is 0 Å². The SMILES string of the molecule is Cc1ccc(C=CC(=O)C=Cc2ccccc2)s1. The van der Waals surface area contributed by atoms with Crippen molar-refractivity contribution in [2.75, 3.05) is 0 Å². The van der Waals surface area contributed by atoms with Gasteiger partial charge in [-0.25, -0.2) is 0 Å². The van der Waals surface area contributed by atoms with Gasteiger partial charge in [-0.1, -0.05) is 36.4 Å². The predicted octanol–water partition coefficient (Wildman–Crippen LogP) is 4.35. The zero-order valence-corrected chi connectivity index (χ0v) is 11.0. The van der Waals surface area contributed by atoms with Crippen LogP contribution in [0.4, 0.5) is 0 Å². The van der Waals surface area contributed by atoms with Crippen LogP contribution in [0.3, 0.4) is 0 Å². The van der Waals surface area contributed by atoms with Gasteiger partial charge in [0.2, 0.25) is 0 Å². The number of carbonyl (C=O) groups is 1. The molecule has 0 aliphatic carbocycles. The maximum absolute atomic E-state index is 11.6. The van der Waals surface area contributed by atoms with E-state index < -0.39 is 0 Å². The van der Waals surface area contributed by atoms with E-state index >= 15 is 0 Å². The summed E-state index contributed by atoms with van der Waals surface area (Å²) in [6, 6.07) is 13.9. The zero-order valence-electron chi connectivity index (χ0n) is 10.2. The minimum absolute atomic E-state index is 0.00454. The van der Waals surface area contributed by atoms with Gasteiger partial charge in [0.05, 0.1) is 0 Å². The van der Waals surface area contributed by atoms with E-state index in [4.69, 9.17) is 0 Å². The maximum Gasteiger partial charge on any atom is 0.178 e. The Kier molecular flexibility index (Phi) is 4.26. The van der Waals surface area contributed by atoms with Gasteiger partial charge in [-0.2, -0.15) is 0 Å². The molecule has 0 aliphatic rings. The fraction of sp³-hybridized carbons (Fsp3) is 0.0625. The molecule has 2 heteroatoms. The third-order valence-corrected chi connectivity index (χ3v) is 3.38. The first-order valence-corrected chi connectivity index (χ1v) is 6.57. The minimum Gasteiger partial charge on any atom is -0.290 e. The molecule has 90 valence electrons. The fourth-order valence-corrected chi connectivity index (χ4v) is 2.29. The van der Waals surface area contributed by atoms with E-state index in [2.05, 4.69) is 13.0 Å². The molecule has 0 fully saturated rings. The largest absolute Gasteiger partial charge is 0.290 e. The van der Waals surface area contributed by atoms with E-state index in [9.17, 15) is 4.79 Å². The van der Waals surface area contributed by atoms with Crippen LogP contribution in [-0.2, 0) is 4.79 Å². The molecular formula is C16H14OS. The topological polar surface area (TPSA) is 17.1 Å². The van der Waals surface area contributed by atoms with Gasteiger partial charge in [-0.05, 0) is 42.8 Å². The molecule has 0 bridgehead atoms. The average Bonchev–Trinajstić information content (AvgIpc) is 2.81. The predicted molar refractivity (Wildman–Crippen MR) is 78.6 cm³/mol. The van der Waals surface area contributed by atoms with Crippen molar-refractivity contribution in [1.29, 1.82) is 0 Å². The van der Waals surface area contributed by atoms with Gasteiger partial charge in [-0.3, -0.25) is 4.79 Å². The van der Waals surface area contributed by atoms with Crippen LogP contribution in [0.5, 0.6) is 0 Å². The molecule has 18 heavy (non-hydrogen) atoms. The number of hydrogen-bond donors (Lipinski definition) is 0. The number of aryl methyl sites for hydroxylation is 1. The molecule has 1 aromatic heterocycles. The molecule has 1 nitrogen and oxygen atoms in total. The molecule has 0 saturated carbocycles. The van der Waals surface area contributed by atoms with E-state index in [1.807, 2.05) is 48.6 Å². The fourth-order valence-electron chi connectivity index (χ4n) is 1.51. The van der Waals surface area contributed by atoms with Gasteiger partial charge in [0, 0.05) is 9.75 Å². The summed E-state index contributed by atoms with van der Waals surface area (Å²) >= 11 is 1.68. The van der Waals surface area contributed by atoms with Gasteiger partial charge >= 0.3 is 0 Å². The lowest BCUT2D eigenvalue weighted by molar-refractivity contribution is -0.110. The average molecular weight is 254 g/mol. The molecule has 0 spiro atoms. The Labute approximate surface area is 111 Å². The number of thiophene rings is 1. The molecule has 0 amide bonds. The summed E-state index contributed by atoms with van der Waals surface area (Å²) in [5.41, 5.74) is 1.03. The Morgan fingerprint density at radius 3 is 2.39 bits per heavy atom. The smallest absolute Gasteiger partial charge is 0.178 e. The molecular weight excluding hydrogens is 240 g/mol. The van der Waals surface area contributed by atoms with Crippen molar-refractivity contribution < 1.29 is 4.79 Å². The standard InChI is InChI=1S/C16H14OS/c1-13-7-11-16(18-13)12-10-15(17)9-8-14-5-3-2-4-6-14/h2-12H,1H3. The van der Waals surface area contributed by atoms with Crippen LogP contribution in [0, 0.1) is 6.92 Å². The molecule has 2 aromatic rings. The molecule has 1 aromatic carbocycles. The van der Waals surface area contributed by atoms with Crippen molar-refractivity contribution in [3.63, 3.8) is 0 Å². The molecule has 0 radical (unpaired) electrons. The highest BCUT2D eigenvalue weighted by molar-refractivity contribution is 7.12. The number of benzene rings is 1. The van der Waals surface area contributed by atoms with Crippen molar-refractivity contribution >= 4 is 29.3 Å². The third-order valence-electron chi connectivity index (χ3n) is 2.41. The second kappa shape index (κ2) is 6.12. The van der Waals surface area contributed by atoms with Gasteiger partial charge < -0.3 is 0 Å². The van der Waals surface area contributed by atoms with E-state index in [1.165, 1.54) is 4.88 Å². The Hall–Kier alpha value is -1.93. The lowest BCUT2D eigenvalue weighted by atomic mass is 10.2.